The Morgan fingerprint density at radius 3 is 2.93 bits per heavy atom. The molecule has 0 radical (unpaired) electrons. The molecule has 0 aromatic heterocycles. The van der Waals surface area contributed by atoms with Crippen molar-refractivity contribution in [3.63, 3.8) is 0 Å². The molecule has 0 bridgehead atoms. The molecule has 2 rings (SSSR count). The SMILES string of the molecule is C=C(C)C1=CC=C2CC(C)=NC2=CC1. The number of rotatable bonds is 1. The van der Waals surface area contributed by atoms with Crippen LogP contribution in [0.5, 0.6) is 0 Å². The number of allylic oxidation sites excluding steroid dienone is 6. The summed E-state index contributed by atoms with van der Waals surface area (Å²) in [6.07, 6.45) is 8.53. The first-order chi connectivity index (χ1) is 6.66. The molecule has 0 saturated carbocycles. The van der Waals surface area contributed by atoms with Gasteiger partial charge in [0.25, 0.3) is 0 Å². The van der Waals surface area contributed by atoms with E-state index in [0.717, 1.165) is 24.1 Å². The van der Waals surface area contributed by atoms with Crippen LogP contribution in [0, 0.1) is 0 Å². The standard InChI is InChI=1S/C13H15N/c1-9(2)11-4-5-12-8-10(3)14-13(12)7-6-11/h4-5,7H,1,6,8H2,2-3H3. The lowest BCUT2D eigenvalue weighted by Crippen LogP contribution is -1.82. The third-order valence-corrected chi connectivity index (χ3v) is 2.64. The van der Waals surface area contributed by atoms with Crippen molar-refractivity contribution in [2.24, 2.45) is 4.99 Å². The van der Waals surface area contributed by atoms with E-state index in [-0.39, 0.29) is 0 Å². The normalized spacial score (nSPS) is 20.1. The summed E-state index contributed by atoms with van der Waals surface area (Å²) in [4.78, 5) is 4.51. The second-order valence-corrected chi connectivity index (χ2v) is 3.98. The highest BCUT2D eigenvalue weighted by atomic mass is 14.8. The molecule has 1 nitrogen and oxygen atoms in total. The summed E-state index contributed by atoms with van der Waals surface area (Å²) in [6.45, 7) is 8.10. The van der Waals surface area contributed by atoms with Gasteiger partial charge in [-0.3, -0.25) is 4.99 Å². The van der Waals surface area contributed by atoms with Crippen molar-refractivity contribution < 1.29 is 0 Å². The fourth-order valence-corrected chi connectivity index (χ4v) is 1.80. The average molecular weight is 185 g/mol. The molecule has 1 heteroatoms. The van der Waals surface area contributed by atoms with Crippen molar-refractivity contribution in [3.8, 4) is 0 Å². The summed E-state index contributed by atoms with van der Waals surface area (Å²) in [5.41, 5.74) is 6.19. The van der Waals surface area contributed by atoms with Crippen LogP contribution >= 0.6 is 0 Å². The van der Waals surface area contributed by atoms with Crippen LogP contribution in [0.15, 0.2) is 52.2 Å². The summed E-state index contributed by atoms with van der Waals surface area (Å²) in [7, 11) is 0. The minimum atomic E-state index is 0.960. The van der Waals surface area contributed by atoms with Crippen LogP contribution < -0.4 is 0 Å². The molecule has 0 aromatic carbocycles. The maximum Gasteiger partial charge on any atom is 0.0628 e. The molecular formula is C13H15N. The number of aliphatic imine (C=N–C) groups is 1. The highest BCUT2D eigenvalue weighted by molar-refractivity contribution is 5.90. The molecule has 0 spiro atoms. The van der Waals surface area contributed by atoms with Crippen LogP contribution in [0.2, 0.25) is 0 Å². The van der Waals surface area contributed by atoms with Gasteiger partial charge >= 0.3 is 0 Å². The van der Waals surface area contributed by atoms with Gasteiger partial charge in [-0.1, -0.05) is 30.4 Å². The Hall–Kier alpha value is -1.37. The molecular weight excluding hydrogens is 170 g/mol. The van der Waals surface area contributed by atoms with Gasteiger partial charge in [-0.25, -0.2) is 0 Å². The third kappa shape index (κ3) is 1.63. The van der Waals surface area contributed by atoms with Gasteiger partial charge in [0.15, 0.2) is 0 Å². The van der Waals surface area contributed by atoms with Crippen molar-refractivity contribution in [2.75, 3.05) is 0 Å². The summed E-state index contributed by atoms with van der Waals surface area (Å²) < 4.78 is 0. The number of hydrogen-bond donors (Lipinski definition) is 0. The largest absolute Gasteiger partial charge is 0.258 e. The van der Waals surface area contributed by atoms with E-state index in [1.165, 1.54) is 16.9 Å². The second-order valence-electron chi connectivity index (χ2n) is 3.98. The quantitative estimate of drug-likeness (QED) is 0.592. The Labute approximate surface area is 85.2 Å². The lowest BCUT2D eigenvalue weighted by Gasteiger charge is -2.00. The van der Waals surface area contributed by atoms with Gasteiger partial charge in [0.1, 0.15) is 0 Å². The molecule has 0 fully saturated rings. The van der Waals surface area contributed by atoms with Gasteiger partial charge in [-0.05, 0) is 31.4 Å². The first-order valence-electron chi connectivity index (χ1n) is 4.97. The predicted molar refractivity (Wildman–Crippen MR) is 61.4 cm³/mol. The van der Waals surface area contributed by atoms with Gasteiger partial charge in [0, 0.05) is 12.1 Å². The Kier molecular flexibility index (Phi) is 2.24. The van der Waals surface area contributed by atoms with Crippen LogP contribution in [0.3, 0.4) is 0 Å². The van der Waals surface area contributed by atoms with Gasteiger partial charge in [-0.2, -0.15) is 0 Å². The van der Waals surface area contributed by atoms with Crippen LogP contribution in [-0.2, 0) is 0 Å². The molecule has 1 aliphatic carbocycles. The number of hydrogen-bond acceptors (Lipinski definition) is 1. The maximum atomic E-state index is 4.51. The zero-order valence-electron chi connectivity index (χ0n) is 8.80. The van der Waals surface area contributed by atoms with E-state index in [4.69, 9.17) is 0 Å². The van der Waals surface area contributed by atoms with Gasteiger partial charge in [0.05, 0.1) is 5.70 Å². The van der Waals surface area contributed by atoms with Crippen molar-refractivity contribution in [3.05, 3.63) is 47.2 Å². The Bertz CT molecular complexity index is 403. The van der Waals surface area contributed by atoms with Gasteiger partial charge < -0.3 is 0 Å². The third-order valence-electron chi connectivity index (χ3n) is 2.64. The summed E-state index contributed by atoms with van der Waals surface area (Å²) in [5.74, 6) is 0. The number of fused-ring (bicyclic) bond motifs is 1. The molecule has 0 unspecified atom stereocenters. The average Bonchev–Trinajstić information content (AvgIpc) is 2.34. The monoisotopic (exact) mass is 185 g/mol. The topological polar surface area (TPSA) is 12.4 Å². The number of nitrogens with zero attached hydrogens (tertiary/aromatic N) is 1. The highest BCUT2D eigenvalue weighted by Gasteiger charge is 2.15. The van der Waals surface area contributed by atoms with Crippen LogP contribution in [-0.4, -0.2) is 5.71 Å². The molecule has 1 heterocycles. The van der Waals surface area contributed by atoms with Crippen LogP contribution in [0.1, 0.15) is 26.7 Å². The van der Waals surface area contributed by atoms with Gasteiger partial charge in [-0.15, -0.1) is 0 Å². The highest BCUT2D eigenvalue weighted by Crippen LogP contribution is 2.29. The molecule has 14 heavy (non-hydrogen) atoms. The zero-order chi connectivity index (χ0) is 10.1. The molecule has 72 valence electrons. The predicted octanol–water partition coefficient (Wildman–Crippen LogP) is 3.57. The van der Waals surface area contributed by atoms with Gasteiger partial charge in [0.2, 0.25) is 0 Å². The van der Waals surface area contributed by atoms with Crippen molar-refractivity contribution in [2.45, 2.75) is 26.7 Å². The van der Waals surface area contributed by atoms with E-state index in [9.17, 15) is 0 Å². The Morgan fingerprint density at radius 1 is 1.43 bits per heavy atom. The molecule has 0 N–H and O–H groups in total. The van der Waals surface area contributed by atoms with E-state index in [2.05, 4.69) is 43.6 Å². The molecule has 0 aromatic rings. The molecule has 0 atom stereocenters. The fourth-order valence-electron chi connectivity index (χ4n) is 1.80. The molecule has 0 amide bonds. The van der Waals surface area contributed by atoms with E-state index >= 15 is 0 Å². The lowest BCUT2D eigenvalue weighted by atomic mass is 10.1. The van der Waals surface area contributed by atoms with E-state index in [0.29, 0.717) is 0 Å². The fraction of sp³-hybridized carbons (Fsp3) is 0.308. The summed E-state index contributed by atoms with van der Waals surface area (Å²) >= 11 is 0. The second kappa shape index (κ2) is 3.41. The minimum absolute atomic E-state index is 0.960. The summed E-state index contributed by atoms with van der Waals surface area (Å²) in [6, 6.07) is 0. The molecule has 2 aliphatic rings. The van der Waals surface area contributed by atoms with E-state index in [1.807, 2.05) is 0 Å². The Morgan fingerprint density at radius 2 is 2.21 bits per heavy atom. The first-order valence-corrected chi connectivity index (χ1v) is 4.97. The van der Waals surface area contributed by atoms with Crippen LogP contribution in [0.25, 0.3) is 0 Å². The van der Waals surface area contributed by atoms with Crippen LogP contribution in [0.4, 0.5) is 0 Å². The zero-order valence-corrected chi connectivity index (χ0v) is 8.80. The minimum Gasteiger partial charge on any atom is -0.258 e. The lowest BCUT2D eigenvalue weighted by molar-refractivity contribution is 1.19. The van der Waals surface area contributed by atoms with E-state index in [1.54, 1.807) is 0 Å². The molecule has 1 aliphatic heterocycles. The Balaban J connectivity index is 2.32. The summed E-state index contributed by atoms with van der Waals surface area (Å²) in [5, 5.41) is 0. The first kappa shape index (κ1) is 9.20. The molecule has 0 saturated heterocycles. The van der Waals surface area contributed by atoms with Crippen molar-refractivity contribution in [1.29, 1.82) is 0 Å². The van der Waals surface area contributed by atoms with E-state index < -0.39 is 0 Å². The van der Waals surface area contributed by atoms with Crippen molar-refractivity contribution >= 4 is 5.71 Å². The smallest absolute Gasteiger partial charge is 0.0628 e. The van der Waals surface area contributed by atoms with Crippen molar-refractivity contribution in [1.82, 2.24) is 0 Å². The maximum absolute atomic E-state index is 4.51.